The van der Waals surface area contributed by atoms with Crippen LogP contribution < -0.4 is 4.72 Å². The molecule has 0 aromatic heterocycles. The van der Waals surface area contributed by atoms with Gasteiger partial charge in [0.2, 0.25) is 10.0 Å². The summed E-state index contributed by atoms with van der Waals surface area (Å²) in [5.41, 5.74) is 1.54. The Kier molecular flexibility index (Phi) is 4.99. The van der Waals surface area contributed by atoms with Gasteiger partial charge in [-0.05, 0) is 30.2 Å². The Morgan fingerprint density at radius 1 is 1.14 bits per heavy atom. The molecular formula is C15H13BrN2O2S. The molecule has 21 heavy (non-hydrogen) atoms. The summed E-state index contributed by atoms with van der Waals surface area (Å²) in [5.74, 6) is -0.0298. The minimum atomic E-state index is -3.49. The highest BCUT2D eigenvalue weighted by Gasteiger charge is 2.13. The van der Waals surface area contributed by atoms with Crippen molar-refractivity contribution in [3.8, 4) is 6.07 Å². The quantitative estimate of drug-likeness (QED) is 0.884. The lowest BCUT2D eigenvalue weighted by molar-refractivity contribution is 0.600. The summed E-state index contributed by atoms with van der Waals surface area (Å²) < 4.78 is 27.4. The van der Waals surface area contributed by atoms with Crippen LogP contribution in [0.25, 0.3) is 0 Å². The van der Waals surface area contributed by atoms with Gasteiger partial charge < -0.3 is 0 Å². The van der Waals surface area contributed by atoms with Gasteiger partial charge in [0.05, 0.1) is 17.0 Å². The van der Waals surface area contributed by atoms with E-state index in [1.165, 1.54) is 0 Å². The fourth-order valence-electron chi connectivity index (χ4n) is 1.81. The summed E-state index contributed by atoms with van der Waals surface area (Å²) >= 11 is 3.25. The molecule has 108 valence electrons. The maximum absolute atomic E-state index is 12.1. The average Bonchev–Trinajstić information content (AvgIpc) is 2.48. The molecular weight excluding hydrogens is 352 g/mol. The number of aryl methyl sites for hydroxylation is 1. The number of sulfonamides is 1. The van der Waals surface area contributed by atoms with E-state index in [1.54, 1.807) is 18.2 Å². The number of anilines is 1. The third-order valence-electron chi connectivity index (χ3n) is 2.87. The smallest absolute Gasteiger partial charge is 0.233 e. The topological polar surface area (TPSA) is 70.0 Å². The molecule has 0 unspecified atom stereocenters. The Balaban J connectivity index is 2.10. The van der Waals surface area contributed by atoms with Crippen LogP contribution in [0.4, 0.5) is 5.69 Å². The molecule has 4 nitrogen and oxygen atoms in total. The molecule has 0 radical (unpaired) electrons. The van der Waals surface area contributed by atoms with Gasteiger partial charge >= 0.3 is 0 Å². The van der Waals surface area contributed by atoms with Crippen molar-refractivity contribution in [1.82, 2.24) is 0 Å². The van der Waals surface area contributed by atoms with Crippen molar-refractivity contribution in [2.24, 2.45) is 0 Å². The SMILES string of the molecule is N#Cc1cc(Br)ccc1NS(=O)(=O)CCc1ccccc1. The summed E-state index contributed by atoms with van der Waals surface area (Å²) in [7, 11) is -3.49. The maximum Gasteiger partial charge on any atom is 0.233 e. The lowest BCUT2D eigenvalue weighted by Crippen LogP contribution is -2.18. The molecule has 6 heteroatoms. The summed E-state index contributed by atoms with van der Waals surface area (Å²) in [4.78, 5) is 0. The number of nitrogens with zero attached hydrogens (tertiary/aromatic N) is 1. The van der Waals surface area contributed by atoms with Crippen molar-refractivity contribution in [2.45, 2.75) is 6.42 Å². The van der Waals surface area contributed by atoms with Crippen LogP contribution in [-0.2, 0) is 16.4 Å². The van der Waals surface area contributed by atoms with Crippen molar-refractivity contribution >= 4 is 31.6 Å². The molecule has 0 atom stereocenters. The van der Waals surface area contributed by atoms with Crippen LogP contribution in [0.5, 0.6) is 0 Å². The number of benzene rings is 2. The van der Waals surface area contributed by atoms with E-state index in [-0.39, 0.29) is 11.3 Å². The largest absolute Gasteiger partial charge is 0.282 e. The fourth-order valence-corrected chi connectivity index (χ4v) is 3.29. The first-order chi connectivity index (χ1) is 10.00. The summed E-state index contributed by atoms with van der Waals surface area (Å²) in [5, 5.41) is 9.04. The molecule has 0 aliphatic carbocycles. The second kappa shape index (κ2) is 6.74. The molecule has 2 aromatic rings. The van der Waals surface area contributed by atoms with Gasteiger partial charge in [-0.2, -0.15) is 5.26 Å². The van der Waals surface area contributed by atoms with Crippen LogP contribution >= 0.6 is 15.9 Å². The molecule has 0 amide bonds. The van der Waals surface area contributed by atoms with E-state index in [0.29, 0.717) is 12.1 Å². The number of hydrogen-bond donors (Lipinski definition) is 1. The first-order valence-electron chi connectivity index (χ1n) is 6.24. The number of halogens is 1. The predicted octanol–water partition coefficient (Wildman–Crippen LogP) is 3.31. The molecule has 2 rings (SSSR count). The van der Waals surface area contributed by atoms with E-state index >= 15 is 0 Å². The van der Waals surface area contributed by atoms with Gasteiger partial charge in [0.15, 0.2) is 0 Å². The zero-order chi connectivity index (χ0) is 15.3. The highest BCUT2D eigenvalue weighted by Crippen LogP contribution is 2.21. The Morgan fingerprint density at radius 2 is 1.86 bits per heavy atom. The summed E-state index contributed by atoms with van der Waals surface area (Å²) in [6, 6.07) is 16.2. The Labute approximate surface area is 132 Å². The molecule has 2 aromatic carbocycles. The van der Waals surface area contributed by atoms with Crippen LogP contribution in [0.3, 0.4) is 0 Å². The highest BCUT2D eigenvalue weighted by atomic mass is 79.9. The first kappa shape index (κ1) is 15.5. The van der Waals surface area contributed by atoms with Crippen molar-refractivity contribution in [1.29, 1.82) is 5.26 Å². The van der Waals surface area contributed by atoms with Crippen molar-refractivity contribution in [3.63, 3.8) is 0 Å². The first-order valence-corrected chi connectivity index (χ1v) is 8.69. The van der Waals surface area contributed by atoms with Gasteiger partial charge in [-0.3, -0.25) is 4.72 Å². The molecule has 0 spiro atoms. The van der Waals surface area contributed by atoms with E-state index in [2.05, 4.69) is 20.7 Å². The summed E-state index contributed by atoms with van der Waals surface area (Å²) in [6.07, 6.45) is 0.425. The van der Waals surface area contributed by atoms with Crippen molar-refractivity contribution in [2.75, 3.05) is 10.5 Å². The van der Waals surface area contributed by atoms with Crippen LogP contribution in [0, 0.1) is 11.3 Å². The van der Waals surface area contributed by atoms with Crippen LogP contribution in [0.2, 0.25) is 0 Å². The second-order valence-corrected chi connectivity index (χ2v) is 7.22. The standard InChI is InChI=1S/C15H13BrN2O2S/c16-14-6-7-15(13(10-14)11-17)18-21(19,20)9-8-12-4-2-1-3-5-12/h1-7,10,18H,8-9H2. The van der Waals surface area contributed by atoms with Crippen LogP contribution in [-0.4, -0.2) is 14.2 Å². The van der Waals surface area contributed by atoms with Crippen molar-refractivity contribution < 1.29 is 8.42 Å². The van der Waals surface area contributed by atoms with Crippen LogP contribution in [0.1, 0.15) is 11.1 Å². The molecule has 0 saturated carbocycles. The van der Waals surface area contributed by atoms with Gasteiger partial charge in [-0.1, -0.05) is 46.3 Å². The fraction of sp³-hybridized carbons (Fsp3) is 0.133. The number of nitriles is 1. The molecule has 0 bridgehead atoms. The minimum absolute atomic E-state index is 0.0298. The Bertz CT molecular complexity index is 768. The number of hydrogen-bond acceptors (Lipinski definition) is 3. The molecule has 0 aliphatic rings. The Hall–Kier alpha value is -1.84. The normalized spacial score (nSPS) is 10.9. The van der Waals surface area contributed by atoms with E-state index in [1.807, 2.05) is 36.4 Å². The monoisotopic (exact) mass is 364 g/mol. The molecule has 0 fully saturated rings. The Morgan fingerprint density at radius 3 is 2.52 bits per heavy atom. The van der Waals surface area contributed by atoms with Crippen LogP contribution in [0.15, 0.2) is 53.0 Å². The lowest BCUT2D eigenvalue weighted by Gasteiger charge is -2.09. The third kappa shape index (κ3) is 4.59. The molecule has 1 N–H and O–H groups in total. The van der Waals surface area contributed by atoms with E-state index < -0.39 is 10.0 Å². The predicted molar refractivity (Wildman–Crippen MR) is 86.4 cm³/mol. The highest BCUT2D eigenvalue weighted by molar-refractivity contribution is 9.10. The van der Waals surface area contributed by atoms with Gasteiger partial charge in [0.25, 0.3) is 0 Å². The van der Waals surface area contributed by atoms with Gasteiger partial charge in [0.1, 0.15) is 6.07 Å². The van der Waals surface area contributed by atoms with E-state index in [0.717, 1.165) is 10.0 Å². The molecule has 0 heterocycles. The number of rotatable bonds is 5. The molecule has 0 aliphatic heterocycles. The van der Waals surface area contributed by atoms with Gasteiger partial charge in [-0.15, -0.1) is 0 Å². The zero-order valence-electron chi connectivity index (χ0n) is 11.1. The van der Waals surface area contributed by atoms with E-state index in [9.17, 15) is 8.42 Å². The van der Waals surface area contributed by atoms with Gasteiger partial charge in [0, 0.05) is 4.47 Å². The zero-order valence-corrected chi connectivity index (χ0v) is 13.5. The van der Waals surface area contributed by atoms with Crippen molar-refractivity contribution in [3.05, 3.63) is 64.1 Å². The lowest BCUT2D eigenvalue weighted by atomic mass is 10.2. The summed E-state index contributed by atoms with van der Waals surface area (Å²) in [6.45, 7) is 0. The second-order valence-electron chi connectivity index (χ2n) is 4.46. The number of nitrogens with one attached hydrogen (secondary N) is 1. The minimum Gasteiger partial charge on any atom is -0.282 e. The average molecular weight is 365 g/mol. The van der Waals surface area contributed by atoms with E-state index in [4.69, 9.17) is 5.26 Å². The maximum atomic E-state index is 12.1. The van der Waals surface area contributed by atoms with Gasteiger partial charge in [-0.25, -0.2) is 8.42 Å². The molecule has 0 saturated heterocycles. The third-order valence-corrected chi connectivity index (χ3v) is 4.64.